The largest absolute Gasteiger partial charge is 0.357 e. The van der Waals surface area contributed by atoms with Gasteiger partial charge in [0.1, 0.15) is 0 Å². The van der Waals surface area contributed by atoms with Crippen molar-refractivity contribution in [2.75, 3.05) is 6.54 Å². The minimum Gasteiger partial charge on any atom is -0.357 e. The monoisotopic (exact) mass is 443 g/mol. The van der Waals surface area contributed by atoms with Crippen LogP contribution in [0.1, 0.15) is 92.0 Å². The second-order valence-corrected chi connectivity index (χ2v) is 10.0. The Morgan fingerprint density at radius 1 is 1.03 bits per heavy atom. The van der Waals surface area contributed by atoms with Gasteiger partial charge in [-0.05, 0) is 68.5 Å². The van der Waals surface area contributed by atoms with Gasteiger partial charge in [0.25, 0.3) is 5.91 Å². The van der Waals surface area contributed by atoms with Crippen molar-refractivity contribution < 1.29 is 4.79 Å². The van der Waals surface area contributed by atoms with E-state index in [1.54, 1.807) is 0 Å². The first kappa shape index (κ1) is 22.2. The Morgan fingerprint density at radius 2 is 1.76 bits per heavy atom. The molecule has 2 aliphatic rings. The van der Waals surface area contributed by atoms with E-state index in [1.165, 1.54) is 53.4 Å². The topological polar surface area (TPSA) is 48.1 Å². The third kappa shape index (κ3) is 4.46. The summed E-state index contributed by atoms with van der Waals surface area (Å²) in [5.41, 5.74) is 6.01. The van der Waals surface area contributed by atoms with Crippen LogP contribution >= 0.6 is 0 Å². The number of aromatic nitrogens is 1. The van der Waals surface area contributed by atoms with E-state index in [-0.39, 0.29) is 11.9 Å². The Balaban J connectivity index is 1.44. The summed E-state index contributed by atoms with van der Waals surface area (Å²) in [5.74, 6) is 0.0715. The maximum Gasteiger partial charge on any atom is 0.251 e. The van der Waals surface area contributed by atoms with Gasteiger partial charge < -0.3 is 10.3 Å². The van der Waals surface area contributed by atoms with Crippen molar-refractivity contribution >= 4 is 16.8 Å². The number of H-pyrrole nitrogens is 1. The number of aromatic amines is 1. The summed E-state index contributed by atoms with van der Waals surface area (Å²) in [5, 5.41) is 4.64. The first-order valence-electron chi connectivity index (χ1n) is 12.9. The highest BCUT2D eigenvalue weighted by molar-refractivity contribution is 5.94. The molecule has 0 radical (unpaired) electrons. The second kappa shape index (κ2) is 9.72. The van der Waals surface area contributed by atoms with Crippen LogP contribution < -0.4 is 5.32 Å². The Bertz CT molecular complexity index is 1090. The normalized spacial score (nSPS) is 22.1. The summed E-state index contributed by atoms with van der Waals surface area (Å²) in [6.45, 7) is 5.66. The molecule has 0 saturated heterocycles. The Morgan fingerprint density at radius 3 is 2.48 bits per heavy atom. The van der Waals surface area contributed by atoms with Crippen LogP contribution in [0.4, 0.5) is 0 Å². The number of benzene rings is 2. The number of hydrogen-bond acceptors (Lipinski definition) is 2. The number of carbonyl (C=O) groups is 1. The first-order valence-corrected chi connectivity index (χ1v) is 12.9. The third-order valence-corrected chi connectivity index (χ3v) is 7.68. The lowest BCUT2D eigenvalue weighted by atomic mass is 9.88. The molecule has 1 aromatic heterocycles. The van der Waals surface area contributed by atoms with Gasteiger partial charge >= 0.3 is 0 Å². The van der Waals surface area contributed by atoms with Crippen molar-refractivity contribution in [1.82, 2.24) is 15.2 Å². The van der Waals surface area contributed by atoms with Crippen LogP contribution in [0.15, 0.2) is 48.5 Å². The fourth-order valence-electron chi connectivity index (χ4n) is 5.98. The van der Waals surface area contributed by atoms with Gasteiger partial charge in [0.2, 0.25) is 0 Å². The zero-order chi connectivity index (χ0) is 22.8. The predicted molar refractivity (Wildman–Crippen MR) is 136 cm³/mol. The lowest BCUT2D eigenvalue weighted by molar-refractivity contribution is 0.0933. The highest BCUT2D eigenvalue weighted by Gasteiger charge is 2.35. The molecule has 174 valence electrons. The highest BCUT2D eigenvalue weighted by Crippen LogP contribution is 2.40. The van der Waals surface area contributed by atoms with Crippen LogP contribution in [0, 0.1) is 0 Å². The quantitative estimate of drug-likeness (QED) is 0.450. The summed E-state index contributed by atoms with van der Waals surface area (Å²) < 4.78 is 0. The molecule has 2 N–H and O–H groups in total. The Labute approximate surface area is 197 Å². The second-order valence-electron chi connectivity index (χ2n) is 10.0. The van der Waals surface area contributed by atoms with Crippen molar-refractivity contribution in [2.45, 2.75) is 83.3 Å². The molecular formula is C29H37N3O. The third-order valence-electron chi connectivity index (χ3n) is 7.68. The SMILES string of the molecule is CCCN1[C@@H](c2ccc(C(=O)NC3CCCCCC3)cc2)c2[nH]c3ccccc3c2C[C@@H]1C. The molecule has 0 spiro atoms. The first-order chi connectivity index (χ1) is 16.2. The molecule has 2 heterocycles. The molecule has 4 nitrogen and oxygen atoms in total. The summed E-state index contributed by atoms with van der Waals surface area (Å²) in [6, 6.07) is 18.0. The van der Waals surface area contributed by atoms with Gasteiger partial charge in [-0.1, -0.05) is 62.9 Å². The molecule has 0 bridgehead atoms. The number of hydrogen-bond donors (Lipinski definition) is 2. The minimum atomic E-state index is 0.0715. The fraction of sp³-hybridized carbons (Fsp3) is 0.483. The highest BCUT2D eigenvalue weighted by atomic mass is 16.1. The van der Waals surface area contributed by atoms with Gasteiger partial charge in [0.15, 0.2) is 0 Å². The van der Waals surface area contributed by atoms with Gasteiger partial charge in [-0.15, -0.1) is 0 Å². The van der Waals surface area contributed by atoms with E-state index in [0.29, 0.717) is 12.1 Å². The predicted octanol–water partition coefficient (Wildman–Crippen LogP) is 6.37. The molecule has 1 fully saturated rings. The van der Waals surface area contributed by atoms with Crippen LogP contribution in [0.5, 0.6) is 0 Å². The molecule has 5 rings (SSSR count). The number of nitrogens with zero attached hydrogens (tertiary/aromatic N) is 1. The zero-order valence-electron chi connectivity index (χ0n) is 20.1. The Kier molecular flexibility index (Phi) is 6.55. The van der Waals surface area contributed by atoms with E-state index in [4.69, 9.17) is 0 Å². The summed E-state index contributed by atoms with van der Waals surface area (Å²) in [6.07, 6.45) is 9.46. The summed E-state index contributed by atoms with van der Waals surface area (Å²) in [4.78, 5) is 19.3. The molecule has 1 aliphatic heterocycles. The van der Waals surface area contributed by atoms with E-state index in [9.17, 15) is 4.79 Å². The molecule has 2 aromatic carbocycles. The van der Waals surface area contributed by atoms with E-state index in [2.05, 4.69) is 65.4 Å². The number of amides is 1. The van der Waals surface area contributed by atoms with E-state index >= 15 is 0 Å². The number of rotatable bonds is 5. The van der Waals surface area contributed by atoms with Crippen molar-refractivity contribution in [3.63, 3.8) is 0 Å². The maximum atomic E-state index is 12.9. The average Bonchev–Trinajstić information content (AvgIpc) is 3.00. The number of carbonyl (C=O) groups excluding carboxylic acids is 1. The van der Waals surface area contributed by atoms with Crippen molar-refractivity contribution in [1.29, 1.82) is 0 Å². The van der Waals surface area contributed by atoms with Gasteiger partial charge in [0, 0.05) is 34.2 Å². The van der Waals surface area contributed by atoms with Crippen LogP contribution in [-0.2, 0) is 6.42 Å². The maximum absolute atomic E-state index is 12.9. The van der Waals surface area contributed by atoms with Crippen molar-refractivity contribution in [3.05, 3.63) is 70.9 Å². The van der Waals surface area contributed by atoms with E-state index < -0.39 is 0 Å². The molecule has 1 amide bonds. The van der Waals surface area contributed by atoms with Crippen molar-refractivity contribution in [2.24, 2.45) is 0 Å². The molecule has 1 saturated carbocycles. The van der Waals surface area contributed by atoms with Crippen LogP contribution in [-0.4, -0.2) is 34.4 Å². The van der Waals surface area contributed by atoms with Crippen LogP contribution in [0.3, 0.4) is 0 Å². The smallest absolute Gasteiger partial charge is 0.251 e. The standard InChI is InChI=1S/C29H37N3O/c1-3-18-32-20(2)19-25-24-12-8-9-13-26(24)31-27(25)28(32)21-14-16-22(17-15-21)29(33)30-23-10-6-4-5-7-11-23/h8-9,12-17,20,23,28,31H,3-7,10-11,18-19H2,1-2H3,(H,30,33)/t20-,28-/m0/s1. The van der Waals surface area contributed by atoms with Gasteiger partial charge in [-0.25, -0.2) is 0 Å². The molecule has 0 unspecified atom stereocenters. The van der Waals surface area contributed by atoms with Crippen LogP contribution in [0.2, 0.25) is 0 Å². The van der Waals surface area contributed by atoms with Gasteiger partial charge in [-0.3, -0.25) is 9.69 Å². The fourth-order valence-corrected chi connectivity index (χ4v) is 5.98. The molecular weight excluding hydrogens is 406 g/mol. The van der Waals surface area contributed by atoms with Gasteiger partial charge in [-0.2, -0.15) is 0 Å². The van der Waals surface area contributed by atoms with Crippen LogP contribution in [0.25, 0.3) is 10.9 Å². The van der Waals surface area contributed by atoms with E-state index in [1.807, 2.05) is 12.1 Å². The lowest BCUT2D eigenvalue weighted by Gasteiger charge is -2.41. The minimum absolute atomic E-state index is 0.0715. The van der Waals surface area contributed by atoms with Gasteiger partial charge in [0.05, 0.1) is 6.04 Å². The zero-order valence-corrected chi connectivity index (χ0v) is 20.1. The average molecular weight is 444 g/mol. The molecule has 3 aromatic rings. The molecule has 33 heavy (non-hydrogen) atoms. The molecule has 4 heteroatoms. The Hall–Kier alpha value is -2.59. The summed E-state index contributed by atoms with van der Waals surface area (Å²) >= 11 is 0. The van der Waals surface area contributed by atoms with E-state index in [0.717, 1.165) is 37.8 Å². The number of para-hydroxylation sites is 1. The lowest BCUT2D eigenvalue weighted by Crippen LogP contribution is -2.43. The number of nitrogens with one attached hydrogen (secondary N) is 2. The molecule has 2 atom stereocenters. The number of fused-ring (bicyclic) bond motifs is 3. The molecule has 1 aliphatic carbocycles. The van der Waals surface area contributed by atoms with Crippen molar-refractivity contribution in [3.8, 4) is 0 Å². The summed E-state index contributed by atoms with van der Waals surface area (Å²) in [7, 11) is 0.